The van der Waals surface area contributed by atoms with Crippen LogP contribution in [0.2, 0.25) is 10.0 Å². The quantitative estimate of drug-likeness (QED) is 0.538. The minimum absolute atomic E-state index is 0.343. The third kappa shape index (κ3) is 3.38. The van der Waals surface area contributed by atoms with Gasteiger partial charge >= 0.3 is 0 Å². The van der Waals surface area contributed by atoms with Crippen LogP contribution in [0.1, 0.15) is 5.69 Å². The summed E-state index contributed by atoms with van der Waals surface area (Å²) in [5.41, 5.74) is 2.48. The number of hydrogen-bond acceptors (Lipinski definition) is 4. The molecule has 0 amide bonds. The van der Waals surface area contributed by atoms with E-state index in [4.69, 9.17) is 27.9 Å². The van der Waals surface area contributed by atoms with Crippen molar-refractivity contribution in [1.82, 2.24) is 9.97 Å². The third-order valence-electron chi connectivity index (χ3n) is 4.79. The van der Waals surface area contributed by atoms with E-state index in [2.05, 4.69) is 9.97 Å². The van der Waals surface area contributed by atoms with Gasteiger partial charge in [0.2, 0.25) is 0 Å². The highest BCUT2D eigenvalue weighted by Gasteiger charge is 2.29. The average Bonchev–Trinajstić information content (AvgIpc) is 2.67. The van der Waals surface area contributed by atoms with Crippen LogP contribution in [0.4, 0.5) is 4.39 Å². The van der Waals surface area contributed by atoms with Crippen LogP contribution in [-0.2, 0) is 9.30 Å². The number of benzene rings is 1. The van der Waals surface area contributed by atoms with Crippen molar-refractivity contribution in [3.8, 4) is 11.1 Å². The first kappa shape index (κ1) is 18.8. The summed E-state index contributed by atoms with van der Waals surface area (Å²) in [5.74, 6) is -0.431. The minimum atomic E-state index is -2.53. The number of fused-ring (bicyclic) bond motifs is 1. The molecule has 0 saturated carbocycles. The Kier molecular flexibility index (Phi) is 4.98. The molecule has 3 heterocycles. The largest absolute Gasteiger partial charge is 0.380 e. The molecule has 1 fully saturated rings. The molecule has 0 N–H and O–H groups in total. The van der Waals surface area contributed by atoms with Crippen LogP contribution in [-0.4, -0.2) is 35.5 Å². The molecule has 0 radical (unpaired) electrons. The number of halogens is 3. The molecule has 0 unspecified atom stereocenters. The van der Waals surface area contributed by atoms with Gasteiger partial charge in [-0.15, -0.1) is 0 Å². The van der Waals surface area contributed by atoms with Crippen molar-refractivity contribution in [2.75, 3.05) is 25.5 Å². The molecule has 0 aliphatic carbocycles. The summed E-state index contributed by atoms with van der Waals surface area (Å²) in [6, 6.07) is 6.42. The summed E-state index contributed by atoms with van der Waals surface area (Å²) in [4.78, 5) is 8.66. The Morgan fingerprint density at radius 2 is 1.89 bits per heavy atom. The van der Waals surface area contributed by atoms with Gasteiger partial charge in [0.15, 0.2) is 0 Å². The Bertz CT molecular complexity index is 1080. The monoisotopic (exact) mass is 424 g/mol. The molecule has 0 atom stereocenters. The molecule has 27 heavy (non-hydrogen) atoms. The molecule has 4 nitrogen and oxygen atoms in total. The Labute approximate surface area is 166 Å². The lowest BCUT2D eigenvalue weighted by Gasteiger charge is -2.22. The van der Waals surface area contributed by atoms with Crippen molar-refractivity contribution in [3.05, 3.63) is 52.0 Å². The van der Waals surface area contributed by atoms with E-state index in [9.17, 15) is 8.96 Å². The number of pyridine rings is 2. The summed E-state index contributed by atoms with van der Waals surface area (Å²) in [7, 11) is -2.53. The first-order valence-electron chi connectivity index (χ1n) is 8.47. The fourth-order valence-corrected chi connectivity index (χ4v) is 5.79. The second-order valence-electron chi connectivity index (χ2n) is 6.53. The van der Waals surface area contributed by atoms with Crippen molar-refractivity contribution >= 4 is 46.7 Å². The first-order chi connectivity index (χ1) is 12.9. The topological polar surface area (TPSA) is 52.1 Å². The molecule has 8 heteroatoms. The van der Waals surface area contributed by atoms with Crippen LogP contribution in [0.25, 0.3) is 22.0 Å². The number of aryl methyl sites for hydroxylation is 1. The van der Waals surface area contributed by atoms with E-state index < -0.39 is 13.0 Å². The fraction of sp³-hybridized carbons (Fsp3) is 0.263. The van der Waals surface area contributed by atoms with Crippen LogP contribution < -0.4 is 5.44 Å². The van der Waals surface area contributed by atoms with E-state index in [1.54, 1.807) is 31.3 Å². The molecule has 1 aromatic carbocycles. The molecule has 2 aromatic heterocycles. The molecule has 3 aromatic rings. The van der Waals surface area contributed by atoms with Crippen molar-refractivity contribution in [3.63, 3.8) is 0 Å². The number of aromatic nitrogens is 2. The maximum Gasteiger partial charge on any atom is 0.137 e. The Morgan fingerprint density at radius 3 is 2.56 bits per heavy atom. The maximum absolute atomic E-state index is 14.7. The van der Waals surface area contributed by atoms with Gasteiger partial charge in [0.05, 0.1) is 34.5 Å². The van der Waals surface area contributed by atoms with E-state index in [-0.39, 0.29) is 0 Å². The van der Waals surface area contributed by atoms with Crippen molar-refractivity contribution in [2.45, 2.75) is 6.92 Å². The van der Waals surface area contributed by atoms with Crippen LogP contribution >= 0.6 is 30.3 Å². The number of rotatable bonds is 2. The Morgan fingerprint density at radius 1 is 1.15 bits per heavy atom. The summed E-state index contributed by atoms with van der Waals surface area (Å²) in [6.07, 6.45) is 2.53. The molecule has 0 bridgehead atoms. The van der Waals surface area contributed by atoms with Crippen LogP contribution in [0.5, 0.6) is 0 Å². The molecular formula is C19H16Cl2FN2O2P. The van der Waals surface area contributed by atoms with Crippen molar-refractivity contribution in [1.29, 1.82) is 0 Å². The zero-order valence-electron chi connectivity index (χ0n) is 14.5. The zero-order valence-corrected chi connectivity index (χ0v) is 16.9. The molecular weight excluding hydrogens is 409 g/mol. The van der Waals surface area contributed by atoms with Crippen LogP contribution in [0.15, 0.2) is 30.5 Å². The molecule has 1 saturated heterocycles. The van der Waals surface area contributed by atoms with Gasteiger partial charge in [-0.2, -0.15) is 0 Å². The smallest absolute Gasteiger partial charge is 0.137 e. The lowest BCUT2D eigenvalue weighted by Crippen LogP contribution is -2.23. The number of ether oxygens (including phenoxy) is 1. The average molecular weight is 425 g/mol. The van der Waals surface area contributed by atoms with Gasteiger partial charge in [-0.1, -0.05) is 29.3 Å². The van der Waals surface area contributed by atoms with Crippen LogP contribution in [0, 0.1) is 12.7 Å². The zero-order chi connectivity index (χ0) is 19.2. The minimum Gasteiger partial charge on any atom is -0.380 e. The summed E-state index contributed by atoms with van der Waals surface area (Å²) in [5, 5.41) is 1.27. The van der Waals surface area contributed by atoms with E-state index >= 15 is 0 Å². The standard InChI is InChI=1S/C19H16Cl2FN2O2P/c1-11-18(20)19(21)14-8-13(15(22)9-16(14)24-11)12-2-3-17(23-10-12)27(25)6-4-26-5-7-27/h2-3,8-10H,4-7H2,1H3. The fourth-order valence-electron chi connectivity index (χ4n) is 3.21. The van der Waals surface area contributed by atoms with E-state index in [0.29, 0.717) is 68.7 Å². The number of hydrogen-bond donors (Lipinski definition) is 0. The van der Waals surface area contributed by atoms with Crippen molar-refractivity contribution < 1.29 is 13.7 Å². The van der Waals surface area contributed by atoms with Gasteiger partial charge in [0.1, 0.15) is 18.4 Å². The molecule has 1 aliphatic rings. The summed E-state index contributed by atoms with van der Waals surface area (Å²) in [6.45, 7) is 2.68. The molecule has 140 valence electrons. The second kappa shape index (κ2) is 7.14. The summed E-state index contributed by atoms with van der Waals surface area (Å²) >= 11 is 12.5. The van der Waals surface area contributed by atoms with Gasteiger partial charge in [0.25, 0.3) is 0 Å². The highest BCUT2D eigenvalue weighted by atomic mass is 35.5. The predicted octanol–water partition coefficient (Wildman–Crippen LogP) is 5.07. The first-order valence-corrected chi connectivity index (χ1v) is 11.3. The highest BCUT2D eigenvalue weighted by Crippen LogP contribution is 2.45. The van der Waals surface area contributed by atoms with Crippen LogP contribution in [0.3, 0.4) is 0 Å². The Balaban J connectivity index is 1.78. The lowest BCUT2D eigenvalue weighted by molar-refractivity contribution is 0.156. The number of nitrogens with zero attached hydrogens (tertiary/aromatic N) is 2. The normalized spacial score (nSPS) is 16.6. The molecule has 1 aliphatic heterocycles. The van der Waals surface area contributed by atoms with Gasteiger partial charge in [0, 0.05) is 41.1 Å². The summed E-state index contributed by atoms with van der Waals surface area (Å²) < 4.78 is 33.0. The van der Waals surface area contributed by atoms with Gasteiger partial charge in [-0.3, -0.25) is 9.97 Å². The molecule has 0 spiro atoms. The van der Waals surface area contributed by atoms with E-state index in [0.717, 1.165) is 0 Å². The second-order valence-corrected chi connectivity index (χ2v) is 10.4. The Hall–Kier alpha value is -1.52. The SMILES string of the molecule is Cc1nc2cc(F)c(-c3ccc(P4(=O)CCOCC4)nc3)cc2c(Cl)c1Cl. The van der Waals surface area contributed by atoms with Crippen molar-refractivity contribution in [2.24, 2.45) is 0 Å². The third-order valence-corrected chi connectivity index (χ3v) is 8.65. The van der Waals surface area contributed by atoms with Gasteiger partial charge in [-0.25, -0.2) is 4.39 Å². The lowest BCUT2D eigenvalue weighted by atomic mass is 10.0. The van der Waals surface area contributed by atoms with Gasteiger partial charge < -0.3 is 9.30 Å². The highest BCUT2D eigenvalue weighted by molar-refractivity contribution is 7.71. The maximum atomic E-state index is 14.7. The van der Waals surface area contributed by atoms with E-state index in [1.165, 1.54) is 6.07 Å². The molecule has 4 rings (SSSR count). The van der Waals surface area contributed by atoms with Gasteiger partial charge in [-0.05, 0) is 19.1 Å². The van der Waals surface area contributed by atoms with E-state index in [1.807, 2.05) is 0 Å². The predicted molar refractivity (Wildman–Crippen MR) is 107 cm³/mol.